The number of para-hydroxylation sites is 2. The first-order valence-corrected chi connectivity index (χ1v) is 12.0. The molecule has 4 aromatic rings. The maximum Gasteiger partial charge on any atom is 0.119 e. The molecule has 3 aromatic carbocycles. The molecule has 1 N–H and O–H groups in total. The SMILES string of the molecule is Cc1cccc(C)c1N=Cc1c(C)c(-c2ccccc2)c(Nc2c(C)cccc2C)n1C(C)C. The largest absolute Gasteiger partial charge is 0.341 e. The summed E-state index contributed by atoms with van der Waals surface area (Å²) >= 11 is 0. The third-order valence-corrected chi connectivity index (χ3v) is 6.56. The van der Waals surface area contributed by atoms with Crippen LogP contribution in [0.4, 0.5) is 17.2 Å². The smallest absolute Gasteiger partial charge is 0.119 e. The Labute approximate surface area is 204 Å². The van der Waals surface area contributed by atoms with Gasteiger partial charge in [0.25, 0.3) is 0 Å². The molecule has 0 bridgehead atoms. The van der Waals surface area contributed by atoms with Crippen molar-refractivity contribution in [3.8, 4) is 11.1 Å². The number of hydrogen-bond acceptors (Lipinski definition) is 2. The van der Waals surface area contributed by atoms with E-state index < -0.39 is 0 Å². The van der Waals surface area contributed by atoms with Crippen LogP contribution in [0.25, 0.3) is 11.1 Å². The molecule has 3 nitrogen and oxygen atoms in total. The first-order valence-electron chi connectivity index (χ1n) is 12.0. The molecule has 0 aliphatic heterocycles. The summed E-state index contributed by atoms with van der Waals surface area (Å²) in [4.78, 5) is 5.00. The minimum atomic E-state index is 0.252. The van der Waals surface area contributed by atoms with Gasteiger partial charge in [0, 0.05) is 17.3 Å². The predicted molar refractivity (Wildman–Crippen MR) is 147 cm³/mol. The van der Waals surface area contributed by atoms with Crippen molar-refractivity contribution in [2.75, 3.05) is 5.32 Å². The Balaban J connectivity index is 1.97. The average molecular weight is 450 g/mol. The number of nitrogens with zero attached hydrogens (tertiary/aromatic N) is 2. The van der Waals surface area contributed by atoms with Gasteiger partial charge in [0.05, 0.1) is 17.6 Å². The molecule has 0 radical (unpaired) electrons. The number of hydrogen-bond donors (Lipinski definition) is 1. The Hall–Kier alpha value is -3.59. The summed E-state index contributed by atoms with van der Waals surface area (Å²) < 4.78 is 2.39. The molecule has 1 aromatic heterocycles. The Kier molecular flexibility index (Phi) is 6.74. The Morgan fingerprint density at radius 1 is 0.735 bits per heavy atom. The molecule has 0 aliphatic carbocycles. The maximum absolute atomic E-state index is 5.00. The summed E-state index contributed by atoms with van der Waals surface area (Å²) in [6.45, 7) is 15.3. The number of nitrogens with one attached hydrogen (secondary N) is 1. The van der Waals surface area contributed by atoms with Crippen LogP contribution in [0.15, 0.2) is 71.7 Å². The van der Waals surface area contributed by atoms with E-state index in [0.717, 1.165) is 22.9 Å². The number of anilines is 2. The molecule has 0 saturated heterocycles. The molecule has 0 spiro atoms. The number of benzene rings is 3. The van der Waals surface area contributed by atoms with Crippen LogP contribution < -0.4 is 5.32 Å². The molecule has 0 unspecified atom stereocenters. The predicted octanol–water partition coefficient (Wildman–Crippen LogP) is 8.77. The zero-order valence-electron chi connectivity index (χ0n) is 21.4. The van der Waals surface area contributed by atoms with Crippen molar-refractivity contribution in [2.24, 2.45) is 4.99 Å². The summed E-state index contributed by atoms with van der Waals surface area (Å²) in [5.74, 6) is 1.11. The van der Waals surface area contributed by atoms with E-state index >= 15 is 0 Å². The van der Waals surface area contributed by atoms with Gasteiger partial charge in [-0.15, -0.1) is 0 Å². The minimum absolute atomic E-state index is 0.252. The van der Waals surface area contributed by atoms with Crippen molar-refractivity contribution in [2.45, 2.75) is 54.5 Å². The first-order chi connectivity index (χ1) is 16.3. The van der Waals surface area contributed by atoms with E-state index in [9.17, 15) is 0 Å². The van der Waals surface area contributed by atoms with E-state index in [1.807, 2.05) is 6.21 Å². The van der Waals surface area contributed by atoms with Gasteiger partial charge >= 0.3 is 0 Å². The molecule has 174 valence electrons. The summed E-state index contributed by atoms with van der Waals surface area (Å²) in [7, 11) is 0. The van der Waals surface area contributed by atoms with Gasteiger partial charge in [0.15, 0.2) is 0 Å². The van der Waals surface area contributed by atoms with Gasteiger partial charge in [-0.05, 0) is 81.8 Å². The van der Waals surface area contributed by atoms with Gasteiger partial charge in [0.2, 0.25) is 0 Å². The van der Waals surface area contributed by atoms with Crippen molar-refractivity contribution < 1.29 is 0 Å². The normalized spacial score (nSPS) is 11.5. The van der Waals surface area contributed by atoms with Crippen LogP contribution in [-0.4, -0.2) is 10.8 Å². The highest BCUT2D eigenvalue weighted by molar-refractivity contribution is 5.93. The zero-order valence-corrected chi connectivity index (χ0v) is 21.4. The molecular weight excluding hydrogens is 414 g/mol. The van der Waals surface area contributed by atoms with Crippen LogP contribution >= 0.6 is 0 Å². The second kappa shape index (κ2) is 9.72. The number of rotatable bonds is 6. The molecule has 0 amide bonds. The summed E-state index contributed by atoms with van der Waals surface area (Å²) in [5, 5.41) is 3.84. The van der Waals surface area contributed by atoms with Crippen LogP contribution in [0, 0.1) is 34.6 Å². The molecule has 34 heavy (non-hydrogen) atoms. The first kappa shape index (κ1) is 23.6. The average Bonchev–Trinajstić information content (AvgIpc) is 3.08. The van der Waals surface area contributed by atoms with Crippen LogP contribution in [0.2, 0.25) is 0 Å². The van der Waals surface area contributed by atoms with E-state index in [4.69, 9.17) is 4.99 Å². The molecule has 0 aliphatic rings. The maximum atomic E-state index is 5.00. The van der Waals surface area contributed by atoms with E-state index in [0.29, 0.717) is 0 Å². The summed E-state index contributed by atoms with van der Waals surface area (Å²) in [6, 6.07) is 23.7. The zero-order chi connectivity index (χ0) is 24.4. The molecule has 4 rings (SSSR count). The molecule has 0 saturated carbocycles. The lowest BCUT2D eigenvalue weighted by molar-refractivity contribution is 0.607. The molecule has 3 heteroatoms. The van der Waals surface area contributed by atoms with E-state index in [1.165, 1.54) is 38.9 Å². The van der Waals surface area contributed by atoms with Gasteiger partial charge in [-0.25, -0.2) is 0 Å². The van der Waals surface area contributed by atoms with Crippen molar-refractivity contribution in [1.29, 1.82) is 0 Å². The highest BCUT2D eigenvalue weighted by Crippen LogP contribution is 2.40. The van der Waals surface area contributed by atoms with E-state index in [2.05, 4.69) is 125 Å². The lowest BCUT2D eigenvalue weighted by Gasteiger charge is -2.20. The molecule has 0 fully saturated rings. The standard InChI is InChI=1S/C31H35N3/c1-20(2)34-27(19-32-29-21(3)13-11-14-22(29)4)25(7)28(26-17-9-8-10-18-26)31(34)33-30-23(5)15-12-16-24(30)6/h8-20,33H,1-7H3. The molecule has 0 atom stereocenters. The monoisotopic (exact) mass is 449 g/mol. The number of aromatic nitrogens is 1. The van der Waals surface area contributed by atoms with Crippen molar-refractivity contribution in [3.05, 3.63) is 100 Å². The van der Waals surface area contributed by atoms with Crippen LogP contribution in [0.3, 0.4) is 0 Å². The van der Waals surface area contributed by atoms with Crippen LogP contribution in [0.1, 0.15) is 53.4 Å². The lowest BCUT2D eigenvalue weighted by Crippen LogP contribution is -2.10. The fraction of sp³-hybridized carbons (Fsp3) is 0.258. The summed E-state index contributed by atoms with van der Waals surface area (Å²) in [6.07, 6.45) is 2.05. The molecule has 1 heterocycles. The fourth-order valence-corrected chi connectivity index (χ4v) is 4.77. The summed E-state index contributed by atoms with van der Waals surface area (Å²) in [5.41, 5.74) is 11.8. The fourth-order valence-electron chi connectivity index (χ4n) is 4.77. The van der Waals surface area contributed by atoms with E-state index in [1.54, 1.807) is 0 Å². The topological polar surface area (TPSA) is 29.3 Å². The Morgan fingerprint density at radius 3 is 1.85 bits per heavy atom. The van der Waals surface area contributed by atoms with Gasteiger partial charge in [-0.2, -0.15) is 0 Å². The second-order valence-corrected chi connectivity index (χ2v) is 9.45. The third kappa shape index (κ3) is 4.43. The quantitative estimate of drug-likeness (QED) is 0.293. The Morgan fingerprint density at radius 2 is 1.29 bits per heavy atom. The lowest BCUT2D eigenvalue weighted by atomic mass is 10.0. The van der Waals surface area contributed by atoms with Gasteiger partial charge < -0.3 is 9.88 Å². The highest BCUT2D eigenvalue weighted by atomic mass is 15.1. The van der Waals surface area contributed by atoms with Crippen molar-refractivity contribution in [3.63, 3.8) is 0 Å². The van der Waals surface area contributed by atoms with Gasteiger partial charge in [-0.3, -0.25) is 4.99 Å². The third-order valence-electron chi connectivity index (χ3n) is 6.56. The van der Waals surface area contributed by atoms with Crippen molar-refractivity contribution in [1.82, 2.24) is 4.57 Å². The number of aryl methyl sites for hydroxylation is 4. The number of aliphatic imine (C=N–C) groups is 1. The van der Waals surface area contributed by atoms with Gasteiger partial charge in [0.1, 0.15) is 5.82 Å². The van der Waals surface area contributed by atoms with E-state index in [-0.39, 0.29) is 6.04 Å². The molecular formula is C31H35N3. The van der Waals surface area contributed by atoms with Crippen LogP contribution in [0.5, 0.6) is 0 Å². The van der Waals surface area contributed by atoms with Crippen molar-refractivity contribution >= 4 is 23.4 Å². The minimum Gasteiger partial charge on any atom is -0.341 e. The van der Waals surface area contributed by atoms with Gasteiger partial charge in [-0.1, -0.05) is 66.7 Å². The Bertz CT molecular complexity index is 1300. The highest BCUT2D eigenvalue weighted by Gasteiger charge is 2.23. The second-order valence-electron chi connectivity index (χ2n) is 9.45. The van der Waals surface area contributed by atoms with Crippen LogP contribution in [-0.2, 0) is 0 Å².